The molecule has 2 rings (SSSR count). The number of nitrogens with zero attached hydrogens (tertiary/aromatic N) is 6. The van der Waals surface area contributed by atoms with Gasteiger partial charge in [0.1, 0.15) is 12.9 Å². The lowest BCUT2D eigenvalue weighted by Crippen LogP contribution is -2.21. The van der Waals surface area contributed by atoms with Crippen molar-refractivity contribution >= 4 is 17.7 Å². The van der Waals surface area contributed by atoms with Gasteiger partial charge in [-0.2, -0.15) is 0 Å². The maximum absolute atomic E-state index is 11.6. The number of carboxylic acids is 1. The highest BCUT2D eigenvalue weighted by atomic mass is 16.4. The summed E-state index contributed by atoms with van der Waals surface area (Å²) in [5.41, 5.74) is -0.331. The fraction of sp³-hybridized carbons (Fsp3) is 0.125. The van der Waals surface area contributed by atoms with Crippen LogP contribution in [-0.2, 0) is 11.3 Å². The van der Waals surface area contributed by atoms with E-state index in [2.05, 4.69) is 30.8 Å². The molecule has 0 aliphatic rings. The molecule has 92 valence electrons. The van der Waals surface area contributed by atoms with Crippen LogP contribution in [0.1, 0.15) is 10.5 Å². The topological polar surface area (TPSA) is 136 Å². The zero-order valence-electron chi connectivity index (χ0n) is 8.89. The number of anilines is 1. The molecule has 10 heteroatoms. The van der Waals surface area contributed by atoms with Crippen molar-refractivity contribution in [1.29, 1.82) is 0 Å². The van der Waals surface area contributed by atoms with Gasteiger partial charge in [-0.1, -0.05) is 0 Å². The maximum Gasteiger partial charge on any atom is 0.358 e. The molecule has 0 saturated carbocycles. The number of amides is 1. The highest BCUT2D eigenvalue weighted by Crippen LogP contribution is 2.07. The molecule has 2 N–H and O–H groups in total. The van der Waals surface area contributed by atoms with Crippen LogP contribution < -0.4 is 5.32 Å². The number of aromatic nitrogens is 6. The van der Waals surface area contributed by atoms with E-state index in [1.165, 1.54) is 23.4 Å². The van der Waals surface area contributed by atoms with E-state index in [0.29, 0.717) is 0 Å². The number of carbonyl (C=O) groups excluding carboxylic acids is 1. The molecule has 0 radical (unpaired) electrons. The van der Waals surface area contributed by atoms with Crippen LogP contribution in [-0.4, -0.2) is 47.2 Å². The van der Waals surface area contributed by atoms with Gasteiger partial charge >= 0.3 is 5.97 Å². The van der Waals surface area contributed by atoms with E-state index >= 15 is 0 Å². The van der Waals surface area contributed by atoms with E-state index in [1.54, 1.807) is 0 Å². The van der Waals surface area contributed by atoms with Gasteiger partial charge in [0.2, 0.25) is 5.91 Å². The second kappa shape index (κ2) is 4.95. The highest BCUT2D eigenvalue weighted by molar-refractivity contribution is 5.97. The van der Waals surface area contributed by atoms with Crippen molar-refractivity contribution < 1.29 is 14.7 Å². The molecule has 0 saturated heterocycles. The van der Waals surface area contributed by atoms with Crippen molar-refractivity contribution in [2.24, 2.45) is 0 Å². The van der Waals surface area contributed by atoms with E-state index in [0.717, 1.165) is 0 Å². The summed E-state index contributed by atoms with van der Waals surface area (Å²) in [7, 11) is 0. The van der Waals surface area contributed by atoms with Crippen LogP contribution in [0.5, 0.6) is 0 Å². The number of hydrogen-bond acceptors (Lipinski definition) is 7. The van der Waals surface area contributed by atoms with Crippen molar-refractivity contribution in [3.8, 4) is 0 Å². The second-order valence-electron chi connectivity index (χ2n) is 3.11. The molecular weight excluding hydrogens is 242 g/mol. The van der Waals surface area contributed by atoms with Gasteiger partial charge in [0.05, 0.1) is 0 Å². The molecule has 0 bridgehead atoms. The van der Waals surface area contributed by atoms with E-state index < -0.39 is 11.9 Å². The Morgan fingerprint density at radius 2 is 2.11 bits per heavy atom. The number of carbonyl (C=O) groups is 2. The Morgan fingerprint density at radius 1 is 1.33 bits per heavy atom. The van der Waals surface area contributed by atoms with Gasteiger partial charge in [-0.05, 0) is 10.4 Å². The minimum Gasteiger partial charge on any atom is -0.476 e. The third-order valence-electron chi connectivity index (χ3n) is 1.86. The van der Waals surface area contributed by atoms with Crippen molar-refractivity contribution in [2.45, 2.75) is 6.54 Å². The Labute approximate surface area is 99.7 Å². The SMILES string of the molecule is O=C(Cn1cnnn1)Nc1nccnc1C(=O)O. The van der Waals surface area contributed by atoms with Gasteiger partial charge in [-0.25, -0.2) is 19.4 Å². The molecule has 0 fully saturated rings. The second-order valence-corrected chi connectivity index (χ2v) is 3.11. The van der Waals surface area contributed by atoms with Crippen molar-refractivity contribution in [3.05, 3.63) is 24.4 Å². The first kappa shape index (κ1) is 11.6. The Bertz CT molecular complexity index is 568. The van der Waals surface area contributed by atoms with Crippen LogP contribution in [0.25, 0.3) is 0 Å². The standard InChI is InChI=1S/C8H7N7O3/c16-5(3-15-4-11-13-14-15)12-7-6(8(17)18)9-1-2-10-7/h1-2,4H,3H2,(H,17,18)(H,10,12,16). The smallest absolute Gasteiger partial charge is 0.358 e. The molecule has 0 aliphatic heterocycles. The first-order valence-corrected chi connectivity index (χ1v) is 4.71. The van der Waals surface area contributed by atoms with Gasteiger partial charge in [0.25, 0.3) is 0 Å². The molecule has 10 nitrogen and oxygen atoms in total. The predicted octanol–water partition coefficient (Wildman–Crippen LogP) is -1.20. The van der Waals surface area contributed by atoms with Gasteiger partial charge in [-0.15, -0.1) is 5.10 Å². The molecule has 0 spiro atoms. The first-order chi connectivity index (χ1) is 8.66. The number of aromatic carboxylic acids is 1. The minimum absolute atomic E-state index is 0.122. The van der Waals surface area contributed by atoms with Crippen molar-refractivity contribution in [3.63, 3.8) is 0 Å². The summed E-state index contributed by atoms with van der Waals surface area (Å²) in [6.45, 7) is -0.150. The van der Waals surface area contributed by atoms with Gasteiger partial charge in [0.15, 0.2) is 11.5 Å². The summed E-state index contributed by atoms with van der Waals surface area (Å²) >= 11 is 0. The first-order valence-electron chi connectivity index (χ1n) is 4.71. The molecule has 0 aromatic carbocycles. The van der Waals surface area contributed by atoms with E-state index in [-0.39, 0.29) is 18.1 Å². The van der Waals surface area contributed by atoms with Gasteiger partial charge < -0.3 is 10.4 Å². The Kier molecular flexibility index (Phi) is 3.18. The summed E-state index contributed by atoms with van der Waals surface area (Å²) in [5, 5.41) is 21.4. The summed E-state index contributed by atoms with van der Waals surface area (Å²) in [5.74, 6) is -1.91. The quantitative estimate of drug-likeness (QED) is 0.689. The maximum atomic E-state index is 11.6. The summed E-state index contributed by atoms with van der Waals surface area (Å²) in [6, 6.07) is 0. The lowest BCUT2D eigenvalue weighted by molar-refractivity contribution is -0.117. The monoisotopic (exact) mass is 249 g/mol. The van der Waals surface area contributed by atoms with Crippen molar-refractivity contribution in [1.82, 2.24) is 30.2 Å². The Morgan fingerprint density at radius 3 is 2.78 bits per heavy atom. The number of tetrazole rings is 1. The predicted molar refractivity (Wildman–Crippen MR) is 55.4 cm³/mol. The molecular formula is C8H7N7O3. The van der Waals surface area contributed by atoms with Crippen LogP contribution in [0.2, 0.25) is 0 Å². The number of nitrogens with one attached hydrogen (secondary N) is 1. The van der Waals surface area contributed by atoms with E-state index in [1.807, 2.05) is 0 Å². The highest BCUT2D eigenvalue weighted by Gasteiger charge is 2.15. The fourth-order valence-corrected chi connectivity index (χ4v) is 1.16. The molecule has 2 heterocycles. The van der Waals surface area contributed by atoms with E-state index in [4.69, 9.17) is 5.11 Å². The van der Waals surface area contributed by atoms with Crippen LogP contribution in [0, 0.1) is 0 Å². The number of carboxylic acid groups (broad SMARTS) is 1. The largest absolute Gasteiger partial charge is 0.476 e. The minimum atomic E-state index is -1.28. The molecule has 1 amide bonds. The van der Waals surface area contributed by atoms with Gasteiger partial charge in [-0.3, -0.25) is 4.79 Å². The third kappa shape index (κ3) is 2.61. The Hall–Kier alpha value is -2.91. The van der Waals surface area contributed by atoms with Crippen LogP contribution in [0.15, 0.2) is 18.7 Å². The number of hydrogen-bond donors (Lipinski definition) is 2. The average Bonchev–Trinajstić information content (AvgIpc) is 2.82. The Balaban J connectivity index is 2.09. The lowest BCUT2D eigenvalue weighted by atomic mass is 10.4. The molecule has 0 aliphatic carbocycles. The average molecular weight is 249 g/mol. The molecule has 0 unspecified atom stereocenters. The lowest BCUT2D eigenvalue weighted by Gasteiger charge is -2.05. The van der Waals surface area contributed by atoms with Crippen molar-refractivity contribution in [2.75, 3.05) is 5.32 Å². The van der Waals surface area contributed by atoms with Crippen LogP contribution in [0.3, 0.4) is 0 Å². The summed E-state index contributed by atoms with van der Waals surface area (Å²) < 4.78 is 1.19. The zero-order valence-corrected chi connectivity index (χ0v) is 8.89. The van der Waals surface area contributed by atoms with E-state index in [9.17, 15) is 9.59 Å². The fourth-order valence-electron chi connectivity index (χ4n) is 1.16. The van der Waals surface area contributed by atoms with Crippen LogP contribution >= 0.6 is 0 Å². The summed E-state index contributed by atoms with van der Waals surface area (Å²) in [4.78, 5) is 29.7. The van der Waals surface area contributed by atoms with Gasteiger partial charge in [0, 0.05) is 12.4 Å². The summed E-state index contributed by atoms with van der Waals surface area (Å²) in [6.07, 6.45) is 3.76. The number of rotatable bonds is 4. The molecule has 2 aromatic rings. The van der Waals surface area contributed by atoms with Crippen LogP contribution in [0.4, 0.5) is 5.82 Å². The zero-order chi connectivity index (χ0) is 13.0. The normalized spacial score (nSPS) is 10.0. The molecule has 18 heavy (non-hydrogen) atoms. The molecule has 0 atom stereocenters. The molecule has 2 aromatic heterocycles. The third-order valence-corrected chi connectivity index (χ3v) is 1.86.